The summed E-state index contributed by atoms with van der Waals surface area (Å²) in [4.78, 5) is 14.5. The average Bonchev–Trinajstić information content (AvgIpc) is 2.52. The molecule has 2 rings (SSSR count). The lowest BCUT2D eigenvalue weighted by atomic mass is 10.1. The molecule has 1 aliphatic rings. The zero-order valence-electron chi connectivity index (χ0n) is 9.96. The van der Waals surface area contributed by atoms with Crippen LogP contribution >= 0.6 is 0 Å². The highest BCUT2D eigenvalue weighted by Crippen LogP contribution is 2.15. The Hall–Kier alpha value is -1.25. The summed E-state index contributed by atoms with van der Waals surface area (Å²) in [6.45, 7) is 0. The van der Waals surface area contributed by atoms with Gasteiger partial charge in [-0.25, -0.2) is 4.79 Å². The number of rotatable bonds is 0. The maximum absolute atomic E-state index is 11.5. The normalized spacial score (nSPS) is 19.8. The van der Waals surface area contributed by atoms with Gasteiger partial charge in [-0.1, -0.05) is 25.3 Å². The van der Waals surface area contributed by atoms with Gasteiger partial charge >= 0.3 is 5.69 Å². The van der Waals surface area contributed by atoms with Crippen molar-refractivity contribution in [2.45, 2.75) is 44.9 Å². The number of H-pyrrole nitrogens is 1. The molecule has 16 heavy (non-hydrogen) atoms. The second-order valence-electron chi connectivity index (χ2n) is 4.56. The van der Waals surface area contributed by atoms with Crippen LogP contribution in [0.1, 0.15) is 49.9 Å². The van der Waals surface area contributed by atoms with Crippen molar-refractivity contribution in [1.29, 1.82) is 0 Å². The molecule has 0 atom stereocenters. The predicted molar refractivity (Wildman–Crippen MR) is 66.5 cm³/mol. The molecule has 0 aliphatic heterocycles. The third kappa shape index (κ3) is 2.46. The van der Waals surface area contributed by atoms with E-state index in [9.17, 15) is 4.79 Å². The zero-order valence-corrected chi connectivity index (χ0v) is 9.96. The summed E-state index contributed by atoms with van der Waals surface area (Å²) in [5.74, 6) is 0. The predicted octanol–water partition coefficient (Wildman–Crippen LogP) is 2.62. The Morgan fingerprint density at radius 2 is 1.94 bits per heavy atom. The fraction of sp³-hybridized carbons (Fsp3) is 0.615. The van der Waals surface area contributed by atoms with Crippen LogP contribution in [0.2, 0.25) is 0 Å². The molecule has 0 amide bonds. The Bertz CT molecular complexity index is 426. The monoisotopic (exact) mass is 220 g/mol. The molecule has 1 heterocycles. The molecule has 1 aromatic heterocycles. The van der Waals surface area contributed by atoms with E-state index in [1.165, 1.54) is 32.1 Å². The quantitative estimate of drug-likeness (QED) is 0.717. The molecule has 0 spiro atoms. The van der Waals surface area contributed by atoms with Crippen molar-refractivity contribution >= 4 is 6.08 Å². The summed E-state index contributed by atoms with van der Waals surface area (Å²) < 4.78 is 1.75. The fourth-order valence-electron chi connectivity index (χ4n) is 2.30. The van der Waals surface area contributed by atoms with Crippen LogP contribution in [-0.4, -0.2) is 9.55 Å². The highest BCUT2D eigenvalue weighted by Gasteiger charge is 2.08. The third-order valence-corrected chi connectivity index (χ3v) is 3.33. The van der Waals surface area contributed by atoms with Gasteiger partial charge in [0, 0.05) is 12.7 Å². The van der Waals surface area contributed by atoms with Crippen molar-refractivity contribution in [2.24, 2.45) is 7.05 Å². The van der Waals surface area contributed by atoms with Crippen LogP contribution in [0.4, 0.5) is 0 Å². The molecule has 0 saturated carbocycles. The molecular weight excluding hydrogens is 200 g/mol. The van der Waals surface area contributed by atoms with E-state index in [0.29, 0.717) is 0 Å². The van der Waals surface area contributed by atoms with E-state index in [2.05, 4.69) is 17.1 Å². The van der Waals surface area contributed by atoms with Crippen molar-refractivity contribution < 1.29 is 0 Å². The summed E-state index contributed by atoms with van der Waals surface area (Å²) >= 11 is 0. The summed E-state index contributed by atoms with van der Waals surface area (Å²) in [5, 5.41) is 0. The lowest BCUT2D eigenvalue weighted by Crippen LogP contribution is -2.14. The van der Waals surface area contributed by atoms with Crippen LogP contribution in [0, 0.1) is 0 Å². The van der Waals surface area contributed by atoms with Crippen molar-refractivity contribution in [3.63, 3.8) is 0 Å². The first-order valence-corrected chi connectivity index (χ1v) is 6.23. The molecule has 0 fully saturated rings. The van der Waals surface area contributed by atoms with Crippen LogP contribution in [0.25, 0.3) is 6.08 Å². The SMILES string of the molecule is Cn1c2c([nH]c1=O)/C=C\CCCCCCC2. The van der Waals surface area contributed by atoms with Gasteiger partial charge in [0.2, 0.25) is 0 Å². The van der Waals surface area contributed by atoms with Gasteiger partial charge in [-0.15, -0.1) is 0 Å². The first kappa shape index (κ1) is 11.2. The third-order valence-electron chi connectivity index (χ3n) is 3.33. The first-order valence-electron chi connectivity index (χ1n) is 6.23. The molecule has 3 nitrogen and oxygen atoms in total. The van der Waals surface area contributed by atoms with E-state index in [1.807, 2.05) is 7.05 Å². The Labute approximate surface area is 96.2 Å². The molecule has 0 aromatic carbocycles. The summed E-state index contributed by atoms with van der Waals surface area (Å²) in [6.07, 6.45) is 12.8. The number of hydrogen-bond acceptors (Lipinski definition) is 1. The Morgan fingerprint density at radius 3 is 2.81 bits per heavy atom. The number of nitrogens with zero attached hydrogens (tertiary/aromatic N) is 1. The van der Waals surface area contributed by atoms with Gasteiger partial charge < -0.3 is 4.98 Å². The van der Waals surface area contributed by atoms with Crippen molar-refractivity contribution in [3.8, 4) is 0 Å². The minimum absolute atomic E-state index is 0.00621. The molecule has 3 heteroatoms. The molecule has 0 unspecified atom stereocenters. The maximum atomic E-state index is 11.5. The maximum Gasteiger partial charge on any atom is 0.325 e. The van der Waals surface area contributed by atoms with E-state index in [-0.39, 0.29) is 5.69 Å². The van der Waals surface area contributed by atoms with Gasteiger partial charge in [0.25, 0.3) is 0 Å². The fourth-order valence-corrected chi connectivity index (χ4v) is 2.30. The number of allylic oxidation sites excluding steroid dienone is 1. The average molecular weight is 220 g/mol. The van der Waals surface area contributed by atoms with E-state index in [0.717, 1.165) is 24.2 Å². The van der Waals surface area contributed by atoms with Gasteiger partial charge in [-0.3, -0.25) is 4.57 Å². The minimum Gasteiger partial charge on any atom is -0.306 e. The van der Waals surface area contributed by atoms with Crippen LogP contribution < -0.4 is 5.69 Å². The lowest BCUT2D eigenvalue weighted by Gasteiger charge is -2.03. The van der Waals surface area contributed by atoms with Gasteiger partial charge in [0.15, 0.2) is 0 Å². The number of fused-ring (bicyclic) bond motifs is 1. The van der Waals surface area contributed by atoms with Crippen LogP contribution in [0.5, 0.6) is 0 Å². The van der Waals surface area contributed by atoms with Crippen LogP contribution in [0.15, 0.2) is 10.9 Å². The van der Waals surface area contributed by atoms with Gasteiger partial charge in [-0.05, 0) is 31.8 Å². The summed E-state index contributed by atoms with van der Waals surface area (Å²) in [6, 6.07) is 0. The van der Waals surface area contributed by atoms with E-state index in [1.54, 1.807) is 4.57 Å². The second kappa shape index (κ2) is 5.19. The Kier molecular flexibility index (Phi) is 3.65. The molecule has 0 bridgehead atoms. The van der Waals surface area contributed by atoms with E-state index >= 15 is 0 Å². The molecule has 1 aromatic rings. The standard InChI is InChI=1S/C13H20N2O/c1-15-12-10-8-6-4-2-3-5-7-9-11(12)14-13(15)16/h7,9H,2-6,8,10H2,1H3,(H,14,16)/b9-7-. The molecule has 0 saturated heterocycles. The highest BCUT2D eigenvalue weighted by atomic mass is 16.1. The Balaban J connectivity index is 2.27. The second-order valence-corrected chi connectivity index (χ2v) is 4.56. The number of hydrogen-bond donors (Lipinski definition) is 1. The molecule has 1 aliphatic carbocycles. The van der Waals surface area contributed by atoms with Gasteiger partial charge in [-0.2, -0.15) is 0 Å². The summed E-state index contributed by atoms with van der Waals surface area (Å²) in [7, 11) is 1.85. The van der Waals surface area contributed by atoms with Crippen LogP contribution in [-0.2, 0) is 13.5 Å². The van der Waals surface area contributed by atoms with Crippen LogP contribution in [0.3, 0.4) is 0 Å². The van der Waals surface area contributed by atoms with Crippen molar-refractivity contribution in [2.75, 3.05) is 0 Å². The van der Waals surface area contributed by atoms with E-state index in [4.69, 9.17) is 0 Å². The molecule has 1 N–H and O–H groups in total. The largest absolute Gasteiger partial charge is 0.325 e. The Morgan fingerprint density at radius 1 is 1.19 bits per heavy atom. The lowest BCUT2D eigenvalue weighted by molar-refractivity contribution is 0.608. The van der Waals surface area contributed by atoms with Crippen molar-refractivity contribution in [1.82, 2.24) is 9.55 Å². The number of nitrogens with one attached hydrogen (secondary N) is 1. The zero-order chi connectivity index (χ0) is 11.4. The smallest absolute Gasteiger partial charge is 0.306 e. The van der Waals surface area contributed by atoms with Gasteiger partial charge in [0.05, 0.1) is 5.69 Å². The number of imidazole rings is 1. The van der Waals surface area contributed by atoms with Crippen molar-refractivity contribution in [3.05, 3.63) is 27.9 Å². The molecular formula is C13H20N2O. The molecule has 0 radical (unpaired) electrons. The molecule has 88 valence electrons. The number of aromatic amines is 1. The minimum atomic E-state index is 0.00621. The summed E-state index contributed by atoms with van der Waals surface area (Å²) in [5.41, 5.74) is 2.17. The number of aromatic nitrogens is 2. The van der Waals surface area contributed by atoms with Gasteiger partial charge in [0.1, 0.15) is 0 Å². The first-order chi connectivity index (χ1) is 7.79. The van der Waals surface area contributed by atoms with E-state index < -0.39 is 0 Å². The topological polar surface area (TPSA) is 37.8 Å². The highest BCUT2D eigenvalue weighted by molar-refractivity contribution is 5.47.